The molecule has 170 valence electrons. The van der Waals surface area contributed by atoms with Crippen molar-refractivity contribution in [1.82, 2.24) is 0 Å². The number of hydrogen-bond acceptors (Lipinski definition) is 3. The van der Waals surface area contributed by atoms with Crippen molar-refractivity contribution in [2.45, 2.75) is 0 Å². The van der Waals surface area contributed by atoms with Gasteiger partial charge in [-0.05, 0) is 89.6 Å². The Morgan fingerprint density at radius 3 is 1.78 bits per heavy atom. The molecule has 0 heterocycles. The first-order chi connectivity index (χ1) is 17.7. The fourth-order valence-corrected chi connectivity index (χ4v) is 5.73. The average molecular weight is 464 g/mol. The number of rotatable bonds is 2. The van der Waals surface area contributed by atoms with Crippen molar-refractivity contribution in [3.05, 3.63) is 96.6 Å². The molecule has 0 atom stereocenters. The Hall–Kier alpha value is -4.81. The van der Waals surface area contributed by atoms with Crippen LogP contribution in [0.1, 0.15) is 5.56 Å². The molecular weight excluding hydrogens is 442 g/mol. The van der Waals surface area contributed by atoms with E-state index in [1.807, 2.05) is 18.2 Å². The van der Waals surface area contributed by atoms with Gasteiger partial charge < -0.3 is 9.47 Å². The fourth-order valence-electron chi connectivity index (χ4n) is 5.73. The lowest BCUT2D eigenvalue weighted by molar-refractivity contribution is 0.415. The smallest absolute Gasteiger partial charge is 0.119 e. The van der Waals surface area contributed by atoms with Crippen molar-refractivity contribution < 1.29 is 9.47 Å². The predicted molar refractivity (Wildman–Crippen MR) is 149 cm³/mol. The van der Waals surface area contributed by atoms with Crippen molar-refractivity contribution in [2.75, 3.05) is 14.2 Å². The van der Waals surface area contributed by atoms with Crippen LogP contribution in [-0.2, 0) is 0 Å². The SMILES string of the molecule is COc1ccc2c(ccc3c(C#N)cc4ccc5ccc6ccc7ccc(OC)cc7c6c5c4c32)c1. The molecule has 0 saturated heterocycles. The van der Waals surface area contributed by atoms with Crippen molar-refractivity contribution >= 4 is 64.6 Å². The van der Waals surface area contributed by atoms with E-state index in [2.05, 4.69) is 78.9 Å². The third-order valence-corrected chi connectivity index (χ3v) is 7.41. The van der Waals surface area contributed by atoms with E-state index in [0.29, 0.717) is 5.56 Å². The average Bonchev–Trinajstić information content (AvgIpc) is 2.94. The second-order valence-electron chi connectivity index (χ2n) is 9.19. The highest BCUT2D eigenvalue weighted by molar-refractivity contribution is 6.35. The van der Waals surface area contributed by atoms with E-state index >= 15 is 0 Å². The lowest BCUT2D eigenvalue weighted by Crippen LogP contribution is -1.90. The van der Waals surface area contributed by atoms with Crippen LogP contribution in [0.3, 0.4) is 0 Å². The summed E-state index contributed by atoms with van der Waals surface area (Å²) in [5.74, 6) is 1.65. The third kappa shape index (κ3) is 2.79. The summed E-state index contributed by atoms with van der Waals surface area (Å²) in [6.07, 6.45) is 0. The summed E-state index contributed by atoms with van der Waals surface area (Å²) in [7, 11) is 3.39. The van der Waals surface area contributed by atoms with Gasteiger partial charge in [-0.1, -0.05) is 60.7 Å². The van der Waals surface area contributed by atoms with Gasteiger partial charge in [0.25, 0.3) is 0 Å². The van der Waals surface area contributed by atoms with E-state index in [4.69, 9.17) is 9.47 Å². The van der Waals surface area contributed by atoms with Crippen molar-refractivity contribution in [3.63, 3.8) is 0 Å². The zero-order valence-corrected chi connectivity index (χ0v) is 19.9. The number of ether oxygens (including phenoxy) is 2. The van der Waals surface area contributed by atoms with Gasteiger partial charge in [-0.15, -0.1) is 0 Å². The summed E-state index contributed by atoms with van der Waals surface area (Å²) in [6.45, 7) is 0. The van der Waals surface area contributed by atoms with Gasteiger partial charge in [0.15, 0.2) is 0 Å². The van der Waals surface area contributed by atoms with Gasteiger partial charge in [0.2, 0.25) is 0 Å². The van der Waals surface area contributed by atoms with Gasteiger partial charge in [0.05, 0.1) is 25.9 Å². The normalized spacial score (nSPS) is 11.6. The molecule has 0 aliphatic carbocycles. The maximum atomic E-state index is 10.0. The summed E-state index contributed by atoms with van der Waals surface area (Å²) in [4.78, 5) is 0. The van der Waals surface area contributed by atoms with Gasteiger partial charge in [-0.25, -0.2) is 0 Å². The van der Waals surface area contributed by atoms with Crippen molar-refractivity contribution in [1.29, 1.82) is 5.26 Å². The minimum Gasteiger partial charge on any atom is -0.497 e. The molecular formula is C33H21NO2. The second-order valence-corrected chi connectivity index (χ2v) is 9.19. The minimum absolute atomic E-state index is 0.682. The molecule has 36 heavy (non-hydrogen) atoms. The molecule has 3 nitrogen and oxygen atoms in total. The molecule has 0 radical (unpaired) electrons. The van der Waals surface area contributed by atoms with E-state index in [-0.39, 0.29) is 0 Å². The standard InChI is InChI=1S/C33H21NO2/c1-35-25-12-14-27-22(16-25)10-13-28-24(18-34)15-23-8-7-21-6-5-20-4-3-19-9-11-26(36-2)17-29(19)30(20)31(21)32(23)33(27)28/h3-17H,1-2H3. The molecule has 7 rings (SSSR count). The number of benzene rings is 7. The van der Waals surface area contributed by atoms with E-state index in [9.17, 15) is 5.26 Å². The zero-order valence-electron chi connectivity index (χ0n) is 19.9. The first kappa shape index (κ1) is 20.6. The molecule has 0 saturated carbocycles. The molecule has 3 heteroatoms. The monoisotopic (exact) mass is 463 g/mol. The molecule has 7 aromatic carbocycles. The van der Waals surface area contributed by atoms with Crippen LogP contribution in [0.25, 0.3) is 64.6 Å². The molecule has 0 aliphatic rings. The second kappa shape index (κ2) is 7.60. The number of hydrogen-bond donors (Lipinski definition) is 0. The topological polar surface area (TPSA) is 42.2 Å². The van der Waals surface area contributed by atoms with E-state index in [0.717, 1.165) is 49.2 Å². The first-order valence-electron chi connectivity index (χ1n) is 11.9. The molecule has 0 aromatic heterocycles. The Balaban J connectivity index is 1.83. The molecule has 7 aromatic rings. The molecule has 0 N–H and O–H groups in total. The van der Waals surface area contributed by atoms with Crippen LogP contribution >= 0.6 is 0 Å². The van der Waals surface area contributed by atoms with Crippen LogP contribution in [0.15, 0.2) is 91.0 Å². The largest absolute Gasteiger partial charge is 0.497 e. The molecule has 0 fully saturated rings. The molecule has 0 unspecified atom stereocenters. The summed E-state index contributed by atoms with van der Waals surface area (Å²) in [5.41, 5.74) is 0.682. The van der Waals surface area contributed by atoms with Crippen LogP contribution in [0, 0.1) is 11.3 Å². The Morgan fingerprint density at radius 1 is 0.472 bits per heavy atom. The Bertz CT molecular complexity index is 2080. The van der Waals surface area contributed by atoms with Gasteiger partial charge in [0.1, 0.15) is 11.5 Å². The van der Waals surface area contributed by atoms with Crippen molar-refractivity contribution in [2.24, 2.45) is 0 Å². The number of methoxy groups -OCH3 is 2. The Labute approximate surface area is 207 Å². The summed E-state index contributed by atoms with van der Waals surface area (Å²) >= 11 is 0. The van der Waals surface area contributed by atoms with Gasteiger partial charge in [-0.2, -0.15) is 5.26 Å². The summed E-state index contributed by atoms with van der Waals surface area (Å²) in [6, 6.07) is 34.1. The Morgan fingerprint density at radius 2 is 1.03 bits per heavy atom. The number of fused-ring (bicyclic) bond motifs is 11. The highest BCUT2D eigenvalue weighted by atomic mass is 16.5. The first-order valence-corrected chi connectivity index (χ1v) is 11.9. The summed E-state index contributed by atoms with van der Waals surface area (Å²) in [5, 5.41) is 23.6. The molecule has 0 aliphatic heterocycles. The minimum atomic E-state index is 0.682. The van der Waals surface area contributed by atoms with Gasteiger partial charge in [0, 0.05) is 5.39 Å². The van der Waals surface area contributed by atoms with Crippen LogP contribution in [0.2, 0.25) is 0 Å². The van der Waals surface area contributed by atoms with Crippen LogP contribution < -0.4 is 9.47 Å². The van der Waals surface area contributed by atoms with E-state index in [1.54, 1.807) is 14.2 Å². The number of nitriles is 1. The lowest BCUT2D eigenvalue weighted by atomic mass is 9.87. The highest BCUT2D eigenvalue weighted by Crippen LogP contribution is 2.43. The zero-order chi connectivity index (χ0) is 24.4. The van der Waals surface area contributed by atoms with Crippen LogP contribution in [-0.4, -0.2) is 14.2 Å². The fraction of sp³-hybridized carbons (Fsp3) is 0.0606. The molecule has 0 amide bonds. The van der Waals surface area contributed by atoms with Gasteiger partial charge in [-0.3, -0.25) is 0 Å². The Kier molecular flexibility index (Phi) is 4.34. The maximum Gasteiger partial charge on any atom is 0.119 e. The maximum absolute atomic E-state index is 10.0. The molecule has 0 spiro atoms. The summed E-state index contributed by atoms with van der Waals surface area (Å²) < 4.78 is 11.1. The van der Waals surface area contributed by atoms with Crippen molar-refractivity contribution in [3.8, 4) is 17.6 Å². The quantitative estimate of drug-likeness (QED) is 0.241. The van der Waals surface area contributed by atoms with Crippen LogP contribution in [0.4, 0.5) is 0 Å². The lowest BCUT2D eigenvalue weighted by Gasteiger charge is -2.16. The third-order valence-electron chi connectivity index (χ3n) is 7.41. The highest BCUT2D eigenvalue weighted by Gasteiger charge is 2.16. The van der Waals surface area contributed by atoms with E-state index in [1.165, 1.54) is 26.9 Å². The predicted octanol–water partition coefficient (Wildman–Crippen LogP) is 8.49. The molecule has 0 bridgehead atoms. The van der Waals surface area contributed by atoms with Crippen LogP contribution in [0.5, 0.6) is 11.5 Å². The van der Waals surface area contributed by atoms with Gasteiger partial charge >= 0.3 is 0 Å². The number of nitrogens with zero attached hydrogens (tertiary/aromatic N) is 1. The van der Waals surface area contributed by atoms with E-state index < -0.39 is 0 Å².